The van der Waals surface area contributed by atoms with Gasteiger partial charge in [-0.1, -0.05) is 0 Å². The number of rotatable bonds is 0. The van der Waals surface area contributed by atoms with Crippen LogP contribution >= 0.6 is 0 Å². The SMILES string of the molecule is [O]c1cncc(O)c1. The van der Waals surface area contributed by atoms with Crippen LogP contribution < -0.4 is 0 Å². The average Bonchev–Trinajstić information content (AvgIpc) is 1.64. The van der Waals surface area contributed by atoms with Gasteiger partial charge in [-0.3, -0.25) is 10.1 Å². The largest absolute Gasteiger partial charge is 0.506 e. The highest BCUT2D eigenvalue weighted by Crippen LogP contribution is 2.13. The summed E-state index contributed by atoms with van der Waals surface area (Å²) in [4.78, 5) is 3.42. The van der Waals surface area contributed by atoms with E-state index in [2.05, 4.69) is 4.98 Å². The number of aromatic hydroxyl groups is 1. The van der Waals surface area contributed by atoms with Gasteiger partial charge in [-0.15, -0.1) is 0 Å². The Morgan fingerprint density at radius 1 is 1.50 bits per heavy atom. The van der Waals surface area contributed by atoms with Gasteiger partial charge in [-0.2, -0.15) is 0 Å². The van der Waals surface area contributed by atoms with Crippen LogP contribution in [0.2, 0.25) is 0 Å². The third-order valence-corrected chi connectivity index (χ3v) is 0.699. The maximum absolute atomic E-state index is 10.3. The molecule has 8 heavy (non-hydrogen) atoms. The van der Waals surface area contributed by atoms with Gasteiger partial charge in [0.25, 0.3) is 0 Å². The van der Waals surface area contributed by atoms with Crippen LogP contribution in [-0.2, 0) is 5.11 Å². The summed E-state index contributed by atoms with van der Waals surface area (Å²) in [6, 6.07) is 1.10. The van der Waals surface area contributed by atoms with Crippen molar-refractivity contribution >= 4 is 0 Å². The van der Waals surface area contributed by atoms with Gasteiger partial charge in [-0.25, -0.2) is 0 Å². The number of hydrogen-bond donors (Lipinski definition) is 1. The summed E-state index contributed by atoms with van der Waals surface area (Å²) < 4.78 is 0. The molecule has 0 saturated heterocycles. The molecule has 1 radical (unpaired) electrons. The molecule has 0 saturated carbocycles. The maximum atomic E-state index is 10.3. The van der Waals surface area contributed by atoms with Crippen LogP contribution in [0.25, 0.3) is 0 Å². The molecular weight excluding hydrogens is 106 g/mol. The molecule has 1 heterocycles. The Balaban J connectivity index is 3.08. The summed E-state index contributed by atoms with van der Waals surface area (Å²) in [5.74, 6) is -0.359. The molecule has 0 fully saturated rings. The Morgan fingerprint density at radius 3 is 2.62 bits per heavy atom. The van der Waals surface area contributed by atoms with E-state index in [1.54, 1.807) is 0 Å². The third kappa shape index (κ3) is 0.872. The Hall–Kier alpha value is -1.25. The van der Waals surface area contributed by atoms with Crippen molar-refractivity contribution in [1.29, 1.82) is 0 Å². The molecular formula is C5H4NO2. The van der Waals surface area contributed by atoms with Crippen molar-refractivity contribution < 1.29 is 10.2 Å². The molecule has 0 unspecified atom stereocenters. The predicted molar refractivity (Wildman–Crippen MR) is 26.0 cm³/mol. The second-order valence-electron chi connectivity index (χ2n) is 1.38. The van der Waals surface area contributed by atoms with Crippen LogP contribution in [0.4, 0.5) is 0 Å². The first kappa shape index (κ1) is 4.90. The molecule has 0 amide bonds. The van der Waals surface area contributed by atoms with Gasteiger partial charge in [0.1, 0.15) is 5.75 Å². The first-order chi connectivity index (χ1) is 3.79. The van der Waals surface area contributed by atoms with Crippen molar-refractivity contribution in [2.75, 3.05) is 0 Å². The van der Waals surface area contributed by atoms with E-state index in [-0.39, 0.29) is 11.5 Å². The number of hydrogen-bond acceptors (Lipinski definition) is 2. The Morgan fingerprint density at radius 2 is 2.25 bits per heavy atom. The lowest BCUT2D eigenvalue weighted by Crippen LogP contribution is -1.67. The predicted octanol–water partition coefficient (Wildman–Crippen LogP) is 0.931. The van der Waals surface area contributed by atoms with E-state index in [1.807, 2.05) is 0 Å². The lowest BCUT2D eigenvalue weighted by atomic mass is 10.4. The van der Waals surface area contributed by atoms with Gasteiger partial charge in [0, 0.05) is 6.07 Å². The zero-order chi connectivity index (χ0) is 5.98. The van der Waals surface area contributed by atoms with Gasteiger partial charge < -0.3 is 5.11 Å². The average molecular weight is 110 g/mol. The molecule has 41 valence electrons. The fraction of sp³-hybridized carbons (Fsp3) is 0. The minimum atomic E-state index is -0.273. The van der Waals surface area contributed by atoms with E-state index in [1.165, 1.54) is 6.20 Å². The molecule has 3 nitrogen and oxygen atoms in total. The van der Waals surface area contributed by atoms with E-state index < -0.39 is 0 Å². The maximum Gasteiger partial charge on any atom is 0.200 e. The number of pyridine rings is 1. The van der Waals surface area contributed by atoms with Gasteiger partial charge in [-0.05, 0) is 0 Å². The first-order valence-corrected chi connectivity index (χ1v) is 2.10. The van der Waals surface area contributed by atoms with E-state index in [0.29, 0.717) is 0 Å². The van der Waals surface area contributed by atoms with Crippen LogP contribution in [0, 0.1) is 0 Å². The minimum Gasteiger partial charge on any atom is -0.506 e. The van der Waals surface area contributed by atoms with Crippen LogP contribution in [0.1, 0.15) is 0 Å². The highest BCUT2D eigenvalue weighted by atomic mass is 16.3. The van der Waals surface area contributed by atoms with Crippen LogP contribution in [-0.4, -0.2) is 10.1 Å². The molecule has 1 aromatic heterocycles. The van der Waals surface area contributed by atoms with Crippen molar-refractivity contribution in [3.63, 3.8) is 0 Å². The molecule has 0 spiro atoms. The smallest absolute Gasteiger partial charge is 0.200 e. The second-order valence-corrected chi connectivity index (χ2v) is 1.38. The quantitative estimate of drug-likeness (QED) is 0.540. The molecule has 1 aromatic rings. The summed E-state index contributed by atoms with van der Waals surface area (Å²) in [6.07, 6.45) is 2.35. The molecule has 0 aliphatic heterocycles. The summed E-state index contributed by atoms with van der Waals surface area (Å²) >= 11 is 0. The molecule has 0 bridgehead atoms. The number of nitrogens with zero attached hydrogens (tertiary/aromatic N) is 1. The van der Waals surface area contributed by atoms with E-state index in [0.717, 1.165) is 12.3 Å². The van der Waals surface area contributed by atoms with Crippen LogP contribution in [0.3, 0.4) is 0 Å². The molecule has 3 heteroatoms. The molecule has 0 aromatic carbocycles. The Labute approximate surface area is 46.2 Å². The third-order valence-electron chi connectivity index (χ3n) is 0.699. The zero-order valence-corrected chi connectivity index (χ0v) is 4.03. The summed E-state index contributed by atoms with van der Waals surface area (Å²) in [5.41, 5.74) is 0. The van der Waals surface area contributed by atoms with Gasteiger partial charge in [0.05, 0.1) is 12.4 Å². The second kappa shape index (κ2) is 1.69. The van der Waals surface area contributed by atoms with Crippen molar-refractivity contribution in [2.45, 2.75) is 0 Å². The lowest BCUT2D eigenvalue weighted by molar-refractivity contribution is 0.349. The standard InChI is InChI=1S/C5H4NO2/c7-4-1-5(8)3-6-2-4/h1-3,7H. The highest BCUT2D eigenvalue weighted by Gasteiger charge is 1.89. The van der Waals surface area contributed by atoms with Crippen molar-refractivity contribution in [2.24, 2.45) is 0 Å². The van der Waals surface area contributed by atoms with E-state index in [4.69, 9.17) is 5.11 Å². The van der Waals surface area contributed by atoms with Crippen molar-refractivity contribution in [1.82, 2.24) is 4.98 Å². The van der Waals surface area contributed by atoms with Crippen LogP contribution in [0.5, 0.6) is 11.5 Å². The van der Waals surface area contributed by atoms with Gasteiger partial charge >= 0.3 is 0 Å². The zero-order valence-electron chi connectivity index (χ0n) is 4.03. The molecule has 1 N–H and O–H groups in total. The molecule has 0 aliphatic rings. The summed E-state index contributed by atoms with van der Waals surface area (Å²) in [7, 11) is 0. The topological polar surface area (TPSA) is 53.0 Å². The molecule has 0 aliphatic carbocycles. The highest BCUT2D eigenvalue weighted by molar-refractivity contribution is 5.24. The Kier molecular flexibility index (Phi) is 1.04. The summed E-state index contributed by atoms with van der Waals surface area (Å²) in [5, 5.41) is 18.8. The van der Waals surface area contributed by atoms with E-state index in [9.17, 15) is 5.11 Å². The fourth-order valence-corrected chi connectivity index (χ4v) is 0.407. The van der Waals surface area contributed by atoms with E-state index >= 15 is 0 Å². The number of aromatic nitrogens is 1. The van der Waals surface area contributed by atoms with Crippen molar-refractivity contribution in [3.05, 3.63) is 18.5 Å². The minimum absolute atomic E-state index is 0.0856. The summed E-state index contributed by atoms with van der Waals surface area (Å²) in [6.45, 7) is 0. The molecule has 1 rings (SSSR count). The fourth-order valence-electron chi connectivity index (χ4n) is 0.407. The van der Waals surface area contributed by atoms with Crippen molar-refractivity contribution in [3.8, 4) is 11.5 Å². The Bertz CT molecular complexity index is 170. The van der Waals surface area contributed by atoms with Crippen LogP contribution in [0.15, 0.2) is 18.5 Å². The monoisotopic (exact) mass is 110 g/mol. The normalized spacial score (nSPS) is 9.00. The lowest BCUT2D eigenvalue weighted by Gasteiger charge is -1.85. The molecule has 0 atom stereocenters. The van der Waals surface area contributed by atoms with Gasteiger partial charge in [0.15, 0.2) is 0 Å². The first-order valence-electron chi connectivity index (χ1n) is 2.10. The van der Waals surface area contributed by atoms with Gasteiger partial charge in [0.2, 0.25) is 5.75 Å².